The minimum absolute atomic E-state index is 0.00710. The van der Waals surface area contributed by atoms with E-state index in [4.69, 9.17) is 9.47 Å². The summed E-state index contributed by atoms with van der Waals surface area (Å²) in [5.74, 6) is -2.27. The first kappa shape index (κ1) is 32.0. The van der Waals surface area contributed by atoms with Gasteiger partial charge in [-0.2, -0.15) is 4.31 Å². The molecule has 0 aromatic heterocycles. The number of hydrogen-bond donors (Lipinski definition) is 0. The molecule has 1 aliphatic heterocycles. The molecule has 1 fully saturated rings. The molecule has 9 nitrogen and oxygen atoms in total. The maximum atomic E-state index is 14.2. The molecule has 40 heavy (non-hydrogen) atoms. The Morgan fingerprint density at radius 1 is 1.00 bits per heavy atom. The average molecular weight is 685 g/mol. The van der Waals surface area contributed by atoms with Gasteiger partial charge in [0.2, 0.25) is 15.9 Å². The van der Waals surface area contributed by atoms with Crippen molar-refractivity contribution in [2.45, 2.75) is 71.1 Å². The zero-order valence-electron chi connectivity index (χ0n) is 23.7. The summed E-state index contributed by atoms with van der Waals surface area (Å²) in [6.45, 7) is 10.5. The molecule has 0 N–H and O–H groups in total. The van der Waals surface area contributed by atoms with Crippen molar-refractivity contribution >= 4 is 50.5 Å². The molecule has 2 aromatic carbocycles. The summed E-state index contributed by atoms with van der Waals surface area (Å²) in [5.41, 5.74) is 1.19. The number of nitrogens with zero attached hydrogens (tertiary/aromatic N) is 2. The zero-order valence-corrected chi connectivity index (χ0v) is 26.6. The van der Waals surface area contributed by atoms with Crippen LogP contribution in [0.3, 0.4) is 0 Å². The van der Waals surface area contributed by atoms with Crippen LogP contribution in [0.2, 0.25) is 0 Å². The average Bonchev–Trinajstić information content (AvgIpc) is 3.14. The van der Waals surface area contributed by atoms with Crippen LogP contribution in [0.5, 0.6) is 0 Å². The van der Waals surface area contributed by atoms with E-state index >= 15 is 0 Å². The fourth-order valence-electron chi connectivity index (χ4n) is 4.83. The molecule has 0 aliphatic carbocycles. The number of ether oxygens (including phenoxy) is 2. The number of rotatable bonds is 11. The van der Waals surface area contributed by atoms with Gasteiger partial charge in [-0.25, -0.2) is 18.0 Å². The molecule has 0 spiro atoms. The van der Waals surface area contributed by atoms with E-state index in [2.05, 4.69) is 0 Å². The van der Waals surface area contributed by atoms with Crippen molar-refractivity contribution < 1.29 is 32.3 Å². The number of halogens is 1. The van der Waals surface area contributed by atoms with Gasteiger partial charge >= 0.3 is 11.9 Å². The summed E-state index contributed by atoms with van der Waals surface area (Å²) in [6.07, 6.45) is -1.04. The van der Waals surface area contributed by atoms with E-state index in [1.165, 1.54) is 17.0 Å². The van der Waals surface area contributed by atoms with Crippen LogP contribution in [-0.2, 0) is 29.1 Å². The Labute approximate surface area is 250 Å². The van der Waals surface area contributed by atoms with Crippen molar-refractivity contribution in [1.82, 2.24) is 9.21 Å². The quantitative estimate of drug-likeness (QED) is 0.251. The normalized spacial score (nSPS) is 18.8. The Kier molecular flexibility index (Phi) is 10.8. The lowest BCUT2D eigenvalue weighted by molar-refractivity contribution is -0.157. The molecular formula is C29H37IN2O7S. The molecule has 1 aliphatic rings. The first-order valence-electron chi connectivity index (χ1n) is 13.3. The summed E-state index contributed by atoms with van der Waals surface area (Å²) in [4.78, 5) is 41.6. The van der Waals surface area contributed by atoms with E-state index in [1.807, 2.05) is 43.4 Å². The number of carbonyl (C=O) groups is 3. The molecule has 0 saturated carbocycles. The maximum absolute atomic E-state index is 14.2. The Balaban J connectivity index is 2.16. The third kappa shape index (κ3) is 6.85. The molecule has 1 amide bonds. The molecule has 0 unspecified atom stereocenters. The highest BCUT2D eigenvalue weighted by molar-refractivity contribution is 14.1. The molecule has 1 saturated heterocycles. The highest BCUT2D eigenvalue weighted by Gasteiger charge is 2.56. The number of amides is 1. The largest absolute Gasteiger partial charge is 0.464 e. The predicted octanol–water partition coefficient (Wildman–Crippen LogP) is 4.62. The van der Waals surface area contributed by atoms with Gasteiger partial charge < -0.3 is 14.4 Å². The monoisotopic (exact) mass is 684 g/mol. The topological polar surface area (TPSA) is 110 Å². The van der Waals surface area contributed by atoms with Gasteiger partial charge in [0.15, 0.2) is 0 Å². The van der Waals surface area contributed by atoms with Gasteiger partial charge in [-0.1, -0.05) is 57.5 Å². The van der Waals surface area contributed by atoms with Gasteiger partial charge in [0, 0.05) is 3.57 Å². The van der Waals surface area contributed by atoms with Crippen molar-refractivity contribution in [3.8, 4) is 0 Å². The lowest BCUT2D eigenvalue weighted by atomic mass is 10.0. The van der Waals surface area contributed by atoms with Crippen LogP contribution in [0.25, 0.3) is 0 Å². The number of hydrogen-bond acceptors (Lipinski definition) is 7. The highest BCUT2D eigenvalue weighted by Crippen LogP contribution is 2.36. The molecule has 0 bridgehead atoms. The maximum Gasteiger partial charge on any atom is 0.339 e. The van der Waals surface area contributed by atoms with E-state index in [-0.39, 0.29) is 23.8 Å². The lowest BCUT2D eigenvalue weighted by Crippen LogP contribution is -2.54. The second kappa shape index (κ2) is 13.4. The van der Waals surface area contributed by atoms with Gasteiger partial charge in [-0.05, 0) is 79.0 Å². The summed E-state index contributed by atoms with van der Waals surface area (Å²) >= 11 is 2.02. The minimum Gasteiger partial charge on any atom is -0.464 e. The molecule has 2 aromatic rings. The second-order valence-corrected chi connectivity index (χ2v) is 13.5. The number of sulfonamides is 1. The molecule has 3 atom stereocenters. The van der Waals surface area contributed by atoms with Gasteiger partial charge in [-0.3, -0.25) is 4.79 Å². The fourth-order valence-corrected chi connectivity index (χ4v) is 7.16. The second-order valence-electron chi connectivity index (χ2n) is 10.5. The van der Waals surface area contributed by atoms with Crippen molar-refractivity contribution in [1.29, 1.82) is 0 Å². The fraction of sp³-hybridized carbons (Fsp3) is 0.483. The number of aryl methyl sites for hydroxylation is 1. The molecular weight excluding hydrogens is 647 g/mol. The Morgan fingerprint density at radius 3 is 2.17 bits per heavy atom. The van der Waals surface area contributed by atoms with Gasteiger partial charge in [0.1, 0.15) is 24.9 Å². The van der Waals surface area contributed by atoms with Crippen molar-refractivity contribution in [2.75, 3.05) is 13.2 Å². The molecule has 3 rings (SSSR count). The first-order valence-corrected chi connectivity index (χ1v) is 15.8. The summed E-state index contributed by atoms with van der Waals surface area (Å²) in [6, 6.07) is 11.0. The van der Waals surface area contributed by atoms with E-state index < -0.39 is 58.6 Å². The predicted molar refractivity (Wildman–Crippen MR) is 159 cm³/mol. The SMILES string of the molecule is CCOC(=O)[C@H](C(C)C)N1C(=O)[C@H](CC(C)C)N(S(=O)(=O)c2ccc(C)cc2)[C@@H]1COC(=O)c1ccccc1I. The van der Waals surface area contributed by atoms with Crippen LogP contribution < -0.4 is 0 Å². The summed E-state index contributed by atoms with van der Waals surface area (Å²) < 4.78 is 41.1. The van der Waals surface area contributed by atoms with Crippen molar-refractivity contribution in [3.63, 3.8) is 0 Å². The Morgan fingerprint density at radius 2 is 1.62 bits per heavy atom. The third-order valence-corrected chi connectivity index (χ3v) is 9.53. The van der Waals surface area contributed by atoms with Gasteiger partial charge in [-0.15, -0.1) is 0 Å². The van der Waals surface area contributed by atoms with E-state index in [0.29, 0.717) is 9.13 Å². The van der Waals surface area contributed by atoms with E-state index in [9.17, 15) is 22.8 Å². The van der Waals surface area contributed by atoms with Crippen molar-refractivity contribution in [2.24, 2.45) is 11.8 Å². The molecule has 0 radical (unpaired) electrons. The van der Waals surface area contributed by atoms with Crippen LogP contribution >= 0.6 is 22.6 Å². The molecule has 218 valence electrons. The lowest BCUT2D eigenvalue weighted by Gasteiger charge is -2.35. The molecule has 1 heterocycles. The van der Waals surface area contributed by atoms with Crippen LogP contribution in [0.4, 0.5) is 0 Å². The van der Waals surface area contributed by atoms with Crippen molar-refractivity contribution in [3.05, 3.63) is 63.2 Å². The number of carbonyl (C=O) groups excluding carboxylic acids is 3. The van der Waals surface area contributed by atoms with Crippen LogP contribution in [0.1, 0.15) is 57.0 Å². The number of benzene rings is 2. The first-order chi connectivity index (χ1) is 18.8. The van der Waals surface area contributed by atoms with Crippen LogP contribution in [-0.4, -0.2) is 66.9 Å². The van der Waals surface area contributed by atoms with E-state index in [1.54, 1.807) is 57.2 Å². The Bertz CT molecular complexity index is 1330. The van der Waals surface area contributed by atoms with Gasteiger partial charge in [0.25, 0.3) is 0 Å². The molecule has 11 heteroatoms. The minimum atomic E-state index is -4.26. The zero-order chi connectivity index (χ0) is 29.8. The van der Waals surface area contributed by atoms with Crippen LogP contribution in [0.15, 0.2) is 53.4 Å². The highest BCUT2D eigenvalue weighted by atomic mass is 127. The van der Waals surface area contributed by atoms with E-state index in [0.717, 1.165) is 9.87 Å². The summed E-state index contributed by atoms with van der Waals surface area (Å²) in [5, 5.41) is 0. The smallest absolute Gasteiger partial charge is 0.339 e. The third-order valence-electron chi connectivity index (χ3n) is 6.67. The number of esters is 2. The van der Waals surface area contributed by atoms with Gasteiger partial charge in [0.05, 0.1) is 17.1 Å². The summed E-state index contributed by atoms with van der Waals surface area (Å²) in [7, 11) is -4.26. The van der Waals surface area contributed by atoms with Crippen LogP contribution in [0, 0.1) is 22.3 Å². The standard InChI is InChI=1S/C29H37IN2O7S/c1-7-38-29(35)26(19(4)5)31-25(17-39-28(34)22-10-8-9-11-23(22)30)32(24(27(31)33)16-18(2)3)40(36,37)21-14-12-20(6)13-15-21/h8-15,18-19,24-26H,7,16-17H2,1-6H3/t24-,25+,26-/m0/s1. The Hall–Kier alpha value is -2.51.